The summed E-state index contributed by atoms with van der Waals surface area (Å²) in [5.41, 5.74) is 5.68. The van der Waals surface area contributed by atoms with E-state index >= 15 is 0 Å². The molecular formula is C10H13Cl2NO2S. The largest absolute Gasteiger partial charge is 0.396 e. The molecule has 0 aliphatic heterocycles. The first-order valence-corrected chi connectivity index (χ1v) is 6.82. The van der Waals surface area contributed by atoms with E-state index in [0.29, 0.717) is 27.1 Å². The summed E-state index contributed by atoms with van der Waals surface area (Å²) in [5.74, 6) is 0.304. The van der Waals surface area contributed by atoms with Gasteiger partial charge in [0.1, 0.15) is 0 Å². The number of aliphatic hydroxyl groups is 1. The van der Waals surface area contributed by atoms with E-state index in [0.717, 1.165) is 0 Å². The standard InChI is InChI=1S/C10H13Cl2NO2S/c11-9-2-1-8(5-10(9)12)16(15)6-7(13)3-4-14/h1-2,5,7,14H,3-4,6,13H2. The van der Waals surface area contributed by atoms with E-state index in [-0.39, 0.29) is 12.6 Å². The van der Waals surface area contributed by atoms with E-state index in [1.54, 1.807) is 18.2 Å². The van der Waals surface area contributed by atoms with Crippen LogP contribution in [0.2, 0.25) is 10.0 Å². The Kier molecular flexibility index (Phi) is 5.72. The van der Waals surface area contributed by atoms with Gasteiger partial charge in [-0.15, -0.1) is 0 Å². The van der Waals surface area contributed by atoms with E-state index < -0.39 is 10.8 Å². The molecule has 1 aromatic rings. The highest BCUT2D eigenvalue weighted by atomic mass is 35.5. The summed E-state index contributed by atoms with van der Waals surface area (Å²) in [4.78, 5) is 0.600. The molecule has 2 unspecified atom stereocenters. The molecule has 3 nitrogen and oxygen atoms in total. The molecule has 0 aliphatic rings. The van der Waals surface area contributed by atoms with Gasteiger partial charge in [-0.3, -0.25) is 4.21 Å². The maximum absolute atomic E-state index is 11.8. The highest BCUT2D eigenvalue weighted by Crippen LogP contribution is 2.24. The number of aliphatic hydroxyl groups excluding tert-OH is 1. The van der Waals surface area contributed by atoms with E-state index in [1.165, 1.54) is 0 Å². The van der Waals surface area contributed by atoms with Gasteiger partial charge in [-0.05, 0) is 24.6 Å². The summed E-state index contributed by atoms with van der Waals surface area (Å²) in [6, 6.07) is 4.57. The molecule has 0 fully saturated rings. The lowest BCUT2D eigenvalue weighted by atomic mass is 10.3. The van der Waals surface area contributed by atoms with Gasteiger partial charge >= 0.3 is 0 Å². The molecule has 0 radical (unpaired) electrons. The lowest BCUT2D eigenvalue weighted by Crippen LogP contribution is -2.28. The number of benzene rings is 1. The molecule has 0 aliphatic carbocycles. The number of hydrogen-bond acceptors (Lipinski definition) is 3. The third-order valence-corrected chi connectivity index (χ3v) is 4.27. The summed E-state index contributed by atoms with van der Waals surface area (Å²) < 4.78 is 11.8. The lowest BCUT2D eigenvalue weighted by Gasteiger charge is -2.09. The maximum atomic E-state index is 11.8. The van der Waals surface area contributed by atoms with Gasteiger partial charge in [-0.25, -0.2) is 0 Å². The van der Waals surface area contributed by atoms with Crippen molar-refractivity contribution in [1.82, 2.24) is 0 Å². The third kappa shape index (κ3) is 4.03. The van der Waals surface area contributed by atoms with Crippen LogP contribution in [0.1, 0.15) is 6.42 Å². The molecule has 0 spiro atoms. The quantitative estimate of drug-likeness (QED) is 0.865. The van der Waals surface area contributed by atoms with Crippen molar-refractivity contribution in [2.75, 3.05) is 12.4 Å². The van der Waals surface area contributed by atoms with Crippen LogP contribution in [0.3, 0.4) is 0 Å². The molecule has 0 heterocycles. The fourth-order valence-corrected chi connectivity index (χ4v) is 2.74. The molecule has 0 amide bonds. The summed E-state index contributed by atoms with van der Waals surface area (Å²) in [7, 11) is -1.21. The third-order valence-electron chi connectivity index (χ3n) is 2.02. The van der Waals surface area contributed by atoms with E-state index in [9.17, 15) is 4.21 Å². The summed E-state index contributed by atoms with van der Waals surface area (Å²) in [6.07, 6.45) is 0.438. The van der Waals surface area contributed by atoms with Gasteiger partial charge in [-0.2, -0.15) is 0 Å². The van der Waals surface area contributed by atoms with Crippen molar-refractivity contribution in [3.8, 4) is 0 Å². The zero-order valence-corrected chi connectivity index (χ0v) is 10.9. The van der Waals surface area contributed by atoms with Crippen molar-refractivity contribution in [3.63, 3.8) is 0 Å². The number of nitrogens with two attached hydrogens (primary N) is 1. The van der Waals surface area contributed by atoms with Crippen molar-refractivity contribution >= 4 is 34.0 Å². The number of rotatable bonds is 5. The van der Waals surface area contributed by atoms with Crippen molar-refractivity contribution < 1.29 is 9.32 Å². The Balaban J connectivity index is 2.69. The molecule has 0 saturated heterocycles. The number of hydrogen-bond donors (Lipinski definition) is 2. The zero-order valence-electron chi connectivity index (χ0n) is 8.53. The Bertz CT molecular complexity index is 387. The molecule has 3 N–H and O–H groups in total. The Morgan fingerprint density at radius 2 is 2.06 bits per heavy atom. The minimum atomic E-state index is -1.21. The summed E-state index contributed by atoms with van der Waals surface area (Å²) >= 11 is 11.6. The number of halogens is 2. The minimum Gasteiger partial charge on any atom is -0.396 e. The first kappa shape index (κ1) is 13.9. The van der Waals surface area contributed by atoms with Crippen LogP contribution in [-0.2, 0) is 10.8 Å². The lowest BCUT2D eigenvalue weighted by molar-refractivity contribution is 0.279. The van der Waals surface area contributed by atoms with Crippen LogP contribution in [0.15, 0.2) is 23.1 Å². The van der Waals surface area contributed by atoms with Gasteiger partial charge in [0.2, 0.25) is 0 Å². The van der Waals surface area contributed by atoms with E-state index in [4.69, 9.17) is 34.0 Å². The van der Waals surface area contributed by atoms with Crippen LogP contribution in [0.5, 0.6) is 0 Å². The molecule has 1 aromatic carbocycles. The predicted octanol–water partition coefficient (Wildman–Crippen LogP) is 1.81. The van der Waals surface area contributed by atoms with Crippen LogP contribution in [-0.4, -0.2) is 27.7 Å². The molecule has 6 heteroatoms. The highest BCUT2D eigenvalue weighted by Gasteiger charge is 2.11. The van der Waals surface area contributed by atoms with Crippen LogP contribution in [0, 0.1) is 0 Å². The topological polar surface area (TPSA) is 63.3 Å². The van der Waals surface area contributed by atoms with Gasteiger partial charge in [0.25, 0.3) is 0 Å². The SMILES string of the molecule is NC(CCO)CS(=O)c1ccc(Cl)c(Cl)c1. The van der Waals surface area contributed by atoms with E-state index in [1.807, 2.05) is 0 Å². The van der Waals surface area contributed by atoms with Crippen LogP contribution >= 0.6 is 23.2 Å². The highest BCUT2D eigenvalue weighted by molar-refractivity contribution is 7.85. The first-order chi connectivity index (χ1) is 7.54. The average Bonchev–Trinajstić information content (AvgIpc) is 2.22. The smallest absolute Gasteiger partial charge is 0.0604 e. The molecule has 1 rings (SSSR count). The van der Waals surface area contributed by atoms with Gasteiger partial charge < -0.3 is 10.8 Å². The van der Waals surface area contributed by atoms with Crippen molar-refractivity contribution in [3.05, 3.63) is 28.2 Å². The monoisotopic (exact) mass is 281 g/mol. The van der Waals surface area contributed by atoms with Gasteiger partial charge in [0.15, 0.2) is 0 Å². The summed E-state index contributed by atoms with van der Waals surface area (Å²) in [5, 5.41) is 9.49. The molecule has 0 saturated carbocycles. The second-order valence-corrected chi connectivity index (χ2v) is 5.67. The molecule has 16 heavy (non-hydrogen) atoms. The average molecular weight is 282 g/mol. The fourth-order valence-electron chi connectivity index (χ4n) is 1.16. The fraction of sp³-hybridized carbons (Fsp3) is 0.400. The maximum Gasteiger partial charge on any atom is 0.0604 e. The predicted molar refractivity (Wildman–Crippen MR) is 67.4 cm³/mol. The Morgan fingerprint density at radius 3 is 2.62 bits per heavy atom. The Morgan fingerprint density at radius 1 is 1.38 bits per heavy atom. The van der Waals surface area contributed by atoms with Crippen LogP contribution in [0.4, 0.5) is 0 Å². The molecule has 0 aromatic heterocycles. The van der Waals surface area contributed by atoms with E-state index in [2.05, 4.69) is 0 Å². The summed E-state index contributed by atoms with van der Waals surface area (Å²) in [6.45, 7) is -0.000257. The van der Waals surface area contributed by atoms with Gasteiger partial charge in [-0.1, -0.05) is 23.2 Å². The molecule has 90 valence electrons. The second-order valence-electron chi connectivity index (χ2n) is 3.36. The van der Waals surface area contributed by atoms with Crippen LogP contribution in [0.25, 0.3) is 0 Å². The normalized spacial score (nSPS) is 14.8. The first-order valence-electron chi connectivity index (χ1n) is 4.74. The Hall–Kier alpha value is -0.130. The second kappa shape index (κ2) is 6.57. The van der Waals surface area contributed by atoms with Crippen molar-refractivity contribution in [1.29, 1.82) is 0 Å². The van der Waals surface area contributed by atoms with Crippen molar-refractivity contribution in [2.24, 2.45) is 5.73 Å². The molecule has 2 atom stereocenters. The molecule has 0 bridgehead atoms. The molecular weight excluding hydrogens is 269 g/mol. The zero-order chi connectivity index (χ0) is 12.1. The van der Waals surface area contributed by atoms with Gasteiger partial charge in [0.05, 0.1) is 20.8 Å². The van der Waals surface area contributed by atoms with Gasteiger partial charge in [0, 0.05) is 23.3 Å². The van der Waals surface area contributed by atoms with Crippen LogP contribution < -0.4 is 5.73 Å². The minimum absolute atomic E-state index is 0.000257. The van der Waals surface area contributed by atoms with Crippen molar-refractivity contribution in [2.45, 2.75) is 17.4 Å². The Labute approximate surface area is 107 Å².